The van der Waals surface area contributed by atoms with Gasteiger partial charge >= 0.3 is 6.03 Å². The summed E-state index contributed by atoms with van der Waals surface area (Å²) in [5.74, 6) is -0.104. The van der Waals surface area contributed by atoms with Crippen LogP contribution >= 0.6 is 0 Å². The predicted octanol–water partition coefficient (Wildman–Crippen LogP) is 3.87. The van der Waals surface area contributed by atoms with Crippen molar-refractivity contribution in [3.05, 3.63) is 59.2 Å². The minimum atomic E-state index is -0.118. The van der Waals surface area contributed by atoms with Crippen LogP contribution in [0.5, 0.6) is 0 Å². The minimum Gasteiger partial charge on any atom is -0.323 e. The number of nitrogens with zero attached hydrogens (tertiary/aromatic N) is 1. The molecule has 0 radical (unpaired) electrons. The summed E-state index contributed by atoms with van der Waals surface area (Å²) < 4.78 is 0. The van der Waals surface area contributed by atoms with Crippen molar-refractivity contribution in [3.8, 4) is 0 Å². The Morgan fingerprint density at radius 3 is 2.83 bits per heavy atom. The number of amides is 3. The molecule has 2 aromatic rings. The molecule has 0 fully saturated rings. The molecule has 0 aliphatic carbocycles. The Labute approximate surface area is 141 Å². The topological polar surface area (TPSA) is 61.4 Å². The molecule has 0 saturated carbocycles. The molecule has 2 aromatic carbocycles. The molecular weight excluding hydrogens is 302 g/mol. The molecule has 0 aromatic heterocycles. The third kappa shape index (κ3) is 3.25. The predicted molar refractivity (Wildman–Crippen MR) is 95.3 cm³/mol. The van der Waals surface area contributed by atoms with Gasteiger partial charge in [0.15, 0.2) is 0 Å². The van der Waals surface area contributed by atoms with Gasteiger partial charge < -0.3 is 15.5 Å². The van der Waals surface area contributed by atoms with Gasteiger partial charge in [-0.15, -0.1) is 0 Å². The largest absolute Gasteiger partial charge is 0.323 e. The van der Waals surface area contributed by atoms with Crippen LogP contribution in [0.2, 0.25) is 0 Å². The summed E-state index contributed by atoms with van der Waals surface area (Å²) in [7, 11) is 1.74. The monoisotopic (exact) mass is 323 g/mol. The van der Waals surface area contributed by atoms with E-state index in [-0.39, 0.29) is 11.9 Å². The lowest BCUT2D eigenvalue weighted by molar-refractivity contribution is 0.102. The Balaban J connectivity index is 1.81. The average molecular weight is 323 g/mol. The molecule has 24 heavy (non-hydrogen) atoms. The smallest absolute Gasteiger partial charge is 0.321 e. The van der Waals surface area contributed by atoms with E-state index in [4.69, 9.17) is 0 Å². The Bertz CT molecular complexity index is 786. The highest BCUT2D eigenvalue weighted by Crippen LogP contribution is 2.26. The highest BCUT2D eigenvalue weighted by molar-refractivity contribution is 6.05. The quantitative estimate of drug-likeness (QED) is 0.897. The SMILES string of the molecule is CCCc1ccccc1C(=O)Nc1ccc2c(c1)CN(C)C(=O)N2. The number of urea groups is 1. The maximum Gasteiger partial charge on any atom is 0.321 e. The molecule has 3 amide bonds. The van der Waals surface area contributed by atoms with E-state index in [2.05, 4.69) is 17.6 Å². The van der Waals surface area contributed by atoms with Gasteiger partial charge in [-0.1, -0.05) is 31.5 Å². The summed E-state index contributed by atoms with van der Waals surface area (Å²) >= 11 is 0. The third-order valence-corrected chi connectivity index (χ3v) is 4.14. The van der Waals surface area contributed by atoms with Crippen molar-refractivity contribution < 1.29 is 9.59 Å². The Morgan fingerprint density at radius 1 is 1.25 bits per heavy atom. The first-order valence-corrected chi connectivity index (χ1v) is 8.12. The van der Waals surface area contributed by atoms with Gasteiger partial charge in [0.05, 0.1) is 0 Å². The summed E-state index contributed by atoms with van der Waals surface area (Å²) in [6, 6.07) is 13.1. The number of hydrogen-bond donors (Lipinski definition) is 2. The molecule has 0 spiro atoms. The van der Waals surface area contributed by atoms with Gasteiger partial charge in [0.25, 0.3) is 5.91 Å². The number of rotatable bonds is 4. The van der Waals surface area contributed by atoms with Gasteiger partial charge in [0, 0.05) is 30.5 Å². The lowest BCUT2D eigenvalue weighted by Crippen LogP contribution is -2.35. The number of fused-ring (bicyclic) bond motifs is 1. The Hall–Kier alpha value is -2.82. The summed E-state index contributed by atoms with van der Waals surface area (Å²) in [6.45, 7) is 2.63. The van der Waals surface area contributed by atoms with Crippen LogP contribution in [0.15, 0.2) is 42.5 Å². The first kappa shape index (κ1) is 16.1. The summed E-state index contributed by atoms with van der Waals surface area (Å²) in [6.07, 6.45) is 1.87. The van der Waals surface area contributed by atoms with Crippen molar-refractivity contribution in [2.45, 2.75) is 26.3 Å². The summed E-state index contributed by atoms with van der Waals surface area (Å²) in [4.78, 5) is 25.9. The number of anilines is 2. The number of carbonyl (C=O) groups is 2. The second kappa shape index (κ2) is 6.74. The lowest BCUT2D eigenvalue weighted by Gasteiger charge is -2.26. The molecule has 1 aliphatic rings. The highest BCUT2D eigenvalue weighted by atomic mass is 16.2. The number of hydrogen-bond acceptors (Lipinski definition) is 2. The van der Waals surface area contributed by atoms with Gasteiger partial charge in [-0.05, 0) is 41.8 Å². The van der Waals surface area contributed by atoms with E-state index in [0.29, 0.717) is 12.1 Å². The molecule has 5 heteroatoms. The van der Waals surface area contributed by atoms with E-state index in [0.717, 1.165) is 35.3 Å². The fourth-order valence-electron chi connectivity index (χ4n) is 2.89. The van der Waals surface area contributed by atoms with E-state index >= 15 is 0 Å². The van der Waals surface area contributed by atoms with E-state index in [1.54, 1.807) is 11.9 Å². The second-order valence-electron chi connectivity index (χ2n) is 6.02. The number of aryl methyl sites for hydroxylation is 1. The Kier molecular flexibility index (Phi) is 4.51. The van der Waals surface area contributed by atoms with Crippen LogP contribution in [-0.4, -0.2) is 23.9 Å². The van der Waals surface area contributed by atoms with Crippen molar-refractivity contribution in [1.29, 1.82) is 0 Å². The molecule has 0 atom stereocenters. The van der Waals surface area contributed by atoms with Crippen LogP contribution in [0.25, 0.3) is 0 Å². The first-order chi connectivity index (χ1) is 11.6. The molecule has 0 saturated heterocycles. The van der Waals surface area contributed by atoms with Crippen molar-refractivity contribution in [2.24, 2.45) is 0 Å². The zero-order valence-corrected chi connectivity index (χ0v) is 13.9. The van der Waals surface area contributed by atoms with Crippen LogP contribution < -0.4 is 10.6 Å². The van der Waals surface area contributed by atoms with Crippen LogP contribution in [-0.2, 0) is 13.0 Å². The van der Waals surface area contributed by atoms with Crippen molar-refractivity contribution in [2.75, 3.05) is 17.7 Å². The highest BCUT2D eigenvalue weighted by Gasteiger charge is 2.19. The molecule has 5 nitrogen and oxygen atoms in total. The number of benzene rings is 2. The molecule has 3 rings (SSSR count). The standard InChI is InChI=1S/C19H21N3O2/c1-3-6-13-7-4-5-8-16(13)18(23)20-15-9-10-17-14(11-15)12-22(2)19(24)21-17/h4-5,7-11H,3,6,12H2,1-2H3,(H,20,23)(H,21,24). The lowest BCUT2D eigenvalue weighted by atomic mass is 10.0. The van der Waals surface area contributed by atoms with Gasteiger partial charge in [-0.2, -0.15) is 0 Å². The van der Waals surface area contributed by atoms with E-state index in [9.17, 15) is 9.59 Å². The van der Waals surface area contributed by atoms with Gasteiger partial charge in [0.1, 0.15) is 0 Å². The van der Waals surface area contributed by atoms with Crippen molar-refractivity contribution in [1.82, 2.24) is 4.90 Å². The maximum absolute atomic E-state index is 12.6. The minimum absolute atomic E-state index is 0.104. The van der Waals surface area contributed by atoms with Gasteiger partial charge in [-0.3, -0.25) is 4.79 Å². The summed E-state index contributed by atoms with van der Waals surface area (Å²) in [5, 5.41) is 5.79. The fraction of sp³-hybridized carbons (Fsp3) is 0.263. The maximum atomic E-state index is 12.6. The van der Waals surface area contributed by atoms with Gasteiger partial charge in [0.2, 0.25) is 0 Å². The van der Waals surface area contributed by atoms with Gasteiger partial charge in [-0.25, -0.2) is 4.79 Å². The second-order valence-corrected chi connectivity index (χ2v) is 6.02. The molecule has 1 aliphatic heterocycles. The number of nitrogens with one attached hydrogen (secondary N) is 2. The first-order valence-electron chi connectivity index (χ1n) is 8.12. The molecule has 0 unspecified atom stereocenters. The zero-order valence-electron chi connectivity index (χ0n) is 13.9. The van der Waals surface area contributed by atoms with E-state index in [1.165, 1.54) is 0 Å². The molecule has 1 heterocycles. The van der Waals surface area contributed by atoms with E-state index < -0.39 is 0 Å². The molecular formula is C19H21N3O2. The summed E-state index contributed by atoms with van der Waals surface area (Å²) in [5.41, 5.74) is 4.28. The molecule has 0 bridgehead atoms. The number of carbonyl (C=O) groups excluding carboxylic acids is 2. The molecule has 124 valence electrons. The zero-order chi connectivity index (χ0) is 17.1. The van der Waals surface area contributed by atoms with Crippen molar-refractivity contribution >= 4 is 23.3 Å². The normalized spacial score (nSPS) is 13.2. The van der Waals surface area contributed by atoms with Crippen molar-refractivity contribution in [3.63, 3.8) is 0 Å². The van der Waals surface area contributed by atoms with Crippen LogP contribution in [0.4, 0.5) is 16.2 Å². The van der Waals surface area contributed by atoms with E-state index in [1.807, 2.05) is 42.5 Å². The van der Waals surface area contributed by atoms with Crippen LogP contribution in [0, 0.1) is 0 Å². The fourth-order valence-corrected chi connectivity index (χ4v) is 2.89. The Morgan fingerprint density at radius 2 is 2.04 bits per heavy atom. The molecule has 2 N–H and O–H groups in total. The van der Waals surface area contributed by atoms with Crippen LogP contribution in [0.1, 0.15) is 34.8 Å². The third-order valence-electron chi connectivity index (χ3n) is 4.14. The average Bonchev–Trinajstić information content (AvgIpc) is 2.57. The van der Waals surface area contributed by atoms with Crippen LogP contribution in [0.3, 0.4) is 0 Å².